The molecule has 0 saturated carbocycles. The minimum absolute atomic E-state index is 0.0592. The molecule has 0 aromatic rings. The van der Waals surface area contributed by atoms with Gasteiger partial charge in [-0.25, -0.2) is 0 Å². The predicted molar refractivity (Wildman–Crippen MR) is 82.2 cm³/mol. The molecule has 0 unspecified atom stereocenters. The average Bonchev–Trinajstić information content (AvgIpc) is 2.48. The van der Waals surface area contributed by atoms with Gasteiger partial charge in [0.15, 0.2) is 0 Å². The third-order valence-electron chi connectivity index (χ3n) is 2.71. The minimum atomic E-state index is -0.383. The van der Waals surface area contributed by atoms with Crippen LogP contribution in [0.15, 0.2) is 0 Å². The SMILES string of the molecule is CC.CC.NC(=O)COCCCCN1CCCCC1. The molecule has 19 heavy (non-hydrogen) atoms. The lowest BCUT2D eigenvalue weighted by Crippen LogP contribution is -2.30. The predicted octanol–water partition coefficient (Wildman–Crippen LogP) is 2.81. The standard InChI is InChI=1S/C11H22N2O2.2C2H6/c12-11(14)10-15-9-5-4-8-13-6-2-1-3-7-13;2*1-2/h1-10H2,(H2,12,14);2*1-2H3. The van der Waals surface area contributed by atoms with E-state index in [4.69, 9.17) is 10.5 Å². The van der Waals surface area contributed by atoms with Crippen molar-refractivity contribution in [2.75, 3.05) is 32.8 Å². The van der Waals surface area contributed by atoms with Crippen molar-refractivity contribution in [2.45, 2.75) is 59.8 Å². The second-order valence-electron chi connectivity index (χ2n) is 4.13. The maximum absolute atomic E-state index is 10.4. The summed E-state index contributed by atoms with van der Waals surface area (Å²) in [6.07, 6.45) is 6.25. The lowest BCUT2D eigenvalue weighted by Gasteiger charge is -2.26. The Hall–Kier alpha value is -0.610. The maximum atomic E-state index is 10.4. The highest BCUT2D eigenvalue weighted by Gasteiger charge is 2.08. The number of primary amides is 1. The largest absolute Gasteiger partial charge is 0.372 e. The first-order chi connectivity index (χ1) is 9.29. The van der Waals surface area contributed by atoms with Gasteiger partial charge in [0, 0.05) is 6.61 Å². The normalized spacial score (nSPS) is 14.7. The second-order valence-corrected chi connectivity index (χ2v) is 4.13. The van der Waals surface area contributed by atoms with Gasteiger partial charge in [-0.15, -0.1) is 0 Å². The topological polar surface area (TPSA) is 55.6 Å². The van der Waals surface area contributed by atoms with E-state index in [1.165, 1.54) is 38.9 Å². The molecule has 0 aliphatic carbocycles. The van der Waals surface area contributed by atoms with Gasteiger partial charge < -0.3 is 15.4 Å². The smallest absolute Gasteiger partial charge is 0.243 e. The maximum Gasteiger partial charge on any atom is 0.243 e. The van der Waals surface area contributed by atoms with E-state index in [9.17, 15) is 4.79 Å². The van der Waals surface area contributed by atoms with Crippen LogP contribution in [0.3, 0.4) is 0 Å². The van der Waals surface area contributed by atoms with Gasteiger partial charge in [0.05, 0.1) is 0 Å². The van der Waals surface area contributed by atoms with Crippen LogP contribution in [-0.4, -0.2) is 43.7 Å². The molecule has 0 spiro atoms. The van der Waals surface area contributed by atoms with E-state index in [1.807, 2.05) is 27.7 Å². The van der Waals surface area contributed by atoms with E-state index in [0.717, 1.165) is 12.8 Å². The average molecular weight is 274 g/mol. The van der Waals surface area contributed by atoms with E-state index in [-0.39, 0.29) is 12.5 Å². The van der Waals surface area contributed by atoms with Crippen LogP contribution in [0.5, 0.6) is 0 Å². The molecule has 0 radical (unpaired) electrons. The Bertz CT molecular complexity index is 181. The summed E-state index contributed by atoms with van der Waals surface area (Å²) in [6.45, 7) is 12.4. The van der Waals surface area contributed by atoms with E-state index in [1.54, 1.807) is 0 Å². The summed E-state index contributed by atoms with van der Waals surface area (Å²) in [7, 11) is 0. The zero-order valence-corrected chi connectivity index (χ0v) is 13.4. The summed E-state index contributed by atoms with van der Waals surface area (Å²) in [5.74, 6) is -0.383. The Labute approximate surface area is 119 Å². The van der Waals surface area contributed by atoms with Crippen LogP contribution in [0.1, 0.15) is 59.8 Å². The number of rotatable bonds is 7. The highest BCUT2D eigenvalue weighted by Crippen LogP contribution is 2.09. The molecule has 1 rings (SSSR count). The van der Waals surface area contributed by atoms with Crippen LogP contribution in [0, 0.1) is 0 Å². The quantitative estimate of drug-likeness (QED) is 0.726. The molecule has 1 amide bonds. The third-order valence-corrected chi connectivity index (χ3v) is 2.71. The molecule has 1 aliphatic heterocycles. The van der Waals surface area contributed by atoms with Gasteiger partial charge >= 0.3 is 0 Å². The van der Waals surface area contributed by atoms with E-state index in [0.29, 0.717) is 6.61 Å². The number of carbonyl (C=O) groups excluding carboxylic acids is 1. The molecular weight excluding hydrogens is 240 g/mol. The van der Waals surface area contributed by atoms with Crippen molar-refractivity contribution in [3.8, 4) is 0 Å². The van der Waals surface area contributed by atoms with Crippen molar-refractivity contribution in [3.63, 3.8) is 0 Å². The Balaban J connectivity index is 0. The van der Waals surface area contributed by atoms with Crippen LogP contribution in [0.25, 0.3) is 0 Å². The Morgan fingerprint density at radius 2 is 1.63 bits per heavy atom. The number of nitrogens with zero attached hydrogens (tertiary/aromatic N) is 1. The Morgan fingerprint density at radius 3 is 2.16 bits per heavy atom. The summed E-state index contributed by atoms with van der Waals surface area (Å²) in [5, 5.41) is 0. The van der Waals surface area contributed by atoms with E-state index >= 15 is 0 Å². The first-order valence-electron chi connectivity index (χ1n) is 7.87. The molecule has 2 N–H and O–H groups in total. The Kier molecular flexibility index (Phi) is 18.9. The fourth-order valence-corrected chi connectivity index (χ4v) is 1.90. The zero-order valence-electron chi connectivity index (χ0n) is 13.4. The molecule has 0 bridgehead atoms. The molecule has 0 aromatic heterocycles. The van der Waals surface area contributed by atoms with Crippen LogP contribution in [0.4, 0.5) is 0 Å². The molecule has 0 aromatic carbocycles. The third kappa shape index (κ3) is 15.3. The highest BCUT2D eigenvalue weighted by molar-refractivity contribution is 5.74. The van der Waals surface area contributed by atoms with Crippen LogP contribution in [0.2, 0.25) is 0 Å². The number of likely N-dealkylation sites (tertiary alicyclic amines) is 1. The first-order valence-corrected chi connectivity index (χ1v) is 7.87. The van der Waals surface area contributed by atoms with Gasteiger partial charge in [-0.1, -0.05) is 34.1 Å². The number of hydrogen-bond acceptors (Lipinski definition) is 3. The molecule has 1 heterocycles. The van der Waals surface area contributed by atoms with Crippen LogP contribution in [-0.2, 0) is 9.53 Å². The van der Waals surface area contributed by atoms with Crippen molar-refractivity contribution in [1.82, 2.24) is 4.90 Å². The molecule has 1 saturated heterocycles. The van der Waals surface area contributed by atoms with Gasteiger partial charge in [0.2, 0.25) is 5.91 Å². The summed E-state index contributed by atoms with van der Waals surface area (Å²) >= 11 is 0. The summed E-state index contributed by atoms with van der Waals surface area (Å²) in [6, 6.07) is 0. The van der Waals surface area contributed by atoms with Crippen molar-refractivity contribution in [1.29, 1.82) is 0 Å². The van der Waals surface area contributed by atoms with Gasteiger partial charge in [-0.2, -0.15) is 0 Å². The number of carbonyl (C=O) groups is 1. The molecule has 0 atom stereocenters. The van der Waals surface area contributed by atoms with E-state index in [2.05, 4.69) is 4.90 Å². The second kappa shape index (κ2) is 17.4. The van der Waals surface area contributed by atoms with Gasteiger partial charge in [-0.05, 0) is 45.3 Å². The lowest BCUT2D eigenvalue weighted by atomic mass is 10.1. The number of nitrogens with two attached hydrogens (primary N) is 1. The molecular formula is C15H34N2O2. The monoisotopic (exact) mass is 274 g/mol. The molecule has 1 fully saturated rings. The summed E-state index contributed by atoms with van der Waals surface area (Å²) < 4.78 is 5.09. The van der Waals surface area contributed by atoms with Crippen LogP contribution < -0.4 is 5.73 Å². The van der Waals surface area contributed by atoms with Crippen molar-refractivity contribution < 1.29 is 9.53 Å². The molecule has 4 nitrogen and oxygen atoms in total. The molecule has 116 valence electrons. The van der Waals surface area contributed by atoms with Crippen LogP contribution >= 0.6 is 0 Å². The Morgan fingerprint density at radius 1 is 1.05 bits per heavy atom. The number of hydrogen-bond donors (Lipinski definition) is 1. The summed E-state index contributed by atoms with van der Waals surface area (Å²) in [4.78, 5) is 12.9. The van der Waals surface area contributed by atoms with Gasteiger partial charge in [0.25, 0.3) is 0 Å². The number of ether oxygens (including phenoxy) is 1. The number of amides is 1. The van der Waals surface area contributed by atoms with Gasteiger partial charge in [0.1, 0.15) is 6.61 Å². The fraction of sp³-hybridized carbons (Fsp3) is 0.933. The number of piperidine rings is 1. The molecule has 4 heteroatoms. The van der Waals surface area contributed by atoms with Crippen molar-refractivity contribution in [2.24, 2.45) is 5.73 Å². The zero-order chi connectivity index (χ0) is 14.9. The highest BCUT2D eigenvalue weighted by atomic mass is 16.5. The fourth-order valence-electron chi connectivity index (χ4n) is 1.90. The first kappa shape index (κ1) is 20.7. The minimum Gasteiger partial charge on any atom is -0.372 e. The number of unbranched alkanes of at least 4 members (excludes halogenated alkanes) is 1. The molecule has 1 aliphatic rings. The van der Waals surface area contributed by atoms with Crippen molar-refractivity contribution in [3.05, 3.63) is 0 Å². The van der Waals surface area contributed by atoms with Crippen molar-refractivity contribution >= 4 is 5.91 Å². The lowest BCUT2D eigenvalue weighted by molar-refractivity contribution is -0.122. The van der Waals surface area contributed by atoms with E-state index < -0.39 is 0 Å². The van der Waals surface area contributed by atoms with Gasteiger partial charge in [-0.3, -0.25) is 4.79 Å². The summed E-state index contributed by atoms with van der Waals surface area (Å²) in [5.41, 5.74) is 4.95.